The third-order valence-electron chi connectivity index (χ3n) is 4.93. The van der Waals surface area contributed by atoms with E-state index in [1.165, 1.54) is 11.1 Å². The van der Waals surface area contributed by atoms with Gasteiger partial charge in [-0.1, -0.05) is 24.3 Å². The van der Waals surface area contributed by atoms with Crippen LogP contribution < -0.4 is 5.32 Å². The van der Waals surface area contributed by atoms with E-state index >= 15 is 0 Å². The summed E-state index contributed by atoms with van der Waals surface area (Å²) in [4.78, 5) is 17.2. The number of hydrogen-bond acceptors (Lipinski definition) is 4. The molecule has 1 atom stereocenters. The zero-order valence-electron chi connectivity index (χ0n) is 15.3. The van der Waals surface area contributed by atoms with Gasteiger partial charge in [0.1, 0.15) is 6.04 Å². The lowest BCUT2D eigenvalue weighted by Gasteiger charge is -2.36. The molecule has 1 aromatic heterocycles. The second-order valence-corrected chi connectivity index (χ2v) is 6.70. The Morgan fingerprint density at radius 3 is 2.56 bits per heavy atom. The van der Waals surface area contributed by atoms with Crippen LogP contribution in [0.15, 0.2) is 36.7 Å². The number of aryl methyl sites for hydroxylation is 2. The van der Waals surface area contributed by atoms with E-state index in [1.54, 1.807) is 10.9 Å². The van der Waals surface area contributed by atoms with Crippen LogP contribution in [-0.4, -0.2) is 58.7 Å². The van der Waals surface area contributed by atoms with Crippen LogP contribution in [0, 0.1) is 6.92 Å². The molecular formula is C19H27N5O. The van der Waals surface area contributed by atoms with Crippen molar-refractivity contribution in [2.75, 3.05) is 33.2 Å². The molecule has 0 radical (unpaired) electrons. The second-order valence-electron chi connectivity index (χ2n) is 6.70. The van der Waals surface area contributed by atoms with Gasteiger partial charge >= 0.3 is 0 Å². The monoisotopic (exact) mass is 341 g/mol. The van der Waals surface area contributed by atoms with Crippen LogP contribution in [-0.2, 0) is 18.4 Å². The van der Waals surface area contributed by atoms with E-state index in [4.69, 9.17) is 0 Å². The fourth-order valence-electron chi connectivity index (χ4n) is 3.36. The number of amides is 1. The fourth-order valence-corrected chi connectivity index (χ4v) is 3.36. The number of carbonyl (C=O) groups excluding carboxylic acids is 1. The summed E-state index contributed by atoms with van der Waals surface area (Å²) in [7, 11) is 3.69. The molecule has 1 N–H and O–H groups in total. The number of piperazine rings is 1. The number of nitrogens with zero attached hydrogens (tertiary/aromatic N) is 4. The lowest BCUT2D eigenvalue weighted by atomic mass is 10.1. The van der Waals surface area contributed by atoms with Crippen molar-refractivity contribution in [2.24, 2.45) is 7.05 Å². The van der Waals surface area contributed by atoms with Crippen LogP contribution >= 0.6 is 0 Å². The van der Waals surface area contributed by atoms with Gasteiger partial charge in [0, 0.05) is 51.5 Å². The molecule has 1 fully saturated rings. The molecule has 1 unspecified atom stereocenters. The maximum absolute atomic E-state index is 12.9. The molecule has 0 bridgehead atoms. The molecule has 6 heteroatoms. The van der Waals surface area contributed by atoms with Crippen molar-refractivity contribution >= 4 is 5.91 Å². The molecule has 6 nitrogen and oxygen atoms in total. The molecule has 0 saturated carbocycles. The first-order chi connectivity index (χ1) is 12.1. The largest absolute Gasteiger partial charge is 0.338 e. The molecule has 1 aromatic carbocycles. The molecule has 1 aliphatic heterocycles. The number of hydrogen-bond donors (Lipinski definition) is 1. The quantitative estimate of drug-likeness (QED) is 0.892. The highest BCUT2D eigenvalue weighted by atomic mass is 16.2. The minimum Gasteiger partial charge on any atom is -0.338 e. The normalized spacial score (nSPS) is 16.8. The van der Waals surface area contributed by atoms with Crippen LogP contribution in [0.3, 0.4) is 0 Å². The summed E-state index contributed by atoms with van der Waals surface area (Å²) in [6.07, 6.45) is 3.65. The minimum absolute atomic E-state index is 0.131. The first kappa shape index (κ1) is 17.6. The van der Waals surface area contributed by atoms with E-state index in [0.29, 0.717) is 0 Å². The number of carbonyl (C=O) groups is 1. The van der Waals surface area contributed by atoms with Crippen molar-refractivity contribution in [2.45, 2.75) is 19.5 Å². The van der Waals surface area contributed by atoms with Gasteiger partial charge in [-0.3, -0.25) is 14.4 Å². The summed E-state index contributed by atoms with van der Waals surface area (Å²) in [5.41, 5.74) is 3.61. The van der Waals surface area contributed by atoms with Gasteiger partial charge in [0.2, 0.25) is 5.91 Å². The van der Waals surface area contributed by atoms with Gasteiger partial charge in [0.05, 0.1) is 6.20 Å². The van der Waals surface area contributed by atoms with Gasteiger partial charge in [-0.25, -0.2) is 0 Å². The third-order valence-corrected chi connectivity index (χ3v) is 4.93. The van der Waals surface area contributed by atoms with Crippen molar-refractivity contribution in [1.29, 1.82) is 0 Å². The predicted molar refractivity (Wildman–Crippen MR) is 98.0 cm³/mol. The fraction of sp³-hybridized carbons (Fsp3) is 0.474. The van der Waals surface area contributed by atoms with Crippen molar-refractivity contribution in [1.82, 2.24) is 24.9 Å². The highest BCUT2D eigenvalue weighted by Crippen LogP contribution is 2.17. The molecule has 2 aromatic rings. The van der Waals surface area contributed by atoms with E-state index in [0.717, 1.165) is 38.3 Å². The minimum atomic E-state index is -0.323. The van der Waals surface area contributed by atoms with E-state index in [9.17, 15) is 4.79 Å². The Morgan fingerprint density at radius 2 is 1.96 bits per heavy atom. The smallest absolute Gasteiger partial charge is 0.244 e. The molecule has 1 amide bonds. The van der Waals surface area contributed by atoms with Crippen LogP contribution in [0.2, 0.25) is 0 Å². The summed E-state index contributed by atoms with van der Waals surface area (Å²) in [5, 5.41) is 7.31. The highest BCUT2D eigenvalue weighted by molar-refractivity contribution is 5.83. The van der Waals surface area contributed by atoms with E-state index < -0.39 is 0 Å². The first-order valence-corrected chi connectivity index (χ1v) is 8.80. The topological polar surface area (TPSA) is 53.4 Å². The van der Waals surface area contributed by atoms with Crippen LogP contribution in [0.5, 0.6) is 0 Å². The van der Waals surface area contributed by atoms with Crippen LogP contribution in [0.1, 0.15) is 22.7 Å². The highest BCUT2D eigenvalue weighted by Gasteiger charge is 2.28. The number of benzene rings is 1. The molecule has 0 aliphatic carbocycles. The average molecular weight is 341 g/mol. The SMILES string of the molecule is CNC(C(=O)N1CCN(Cc2ccccc2C)CC1)c1cnn(C)c1. The molecular weight excluding hydrogens is 314 g/mol. The Labute approximate surface area is 149 Å². The predicted octanol–water partition coefficient (Wildman–Crippen LogP) is 1.33. The van der Waals surface area contributed by atoms with Gasteiger partial charge in [0.25, 0.3) is 0 Å². The third kappa shape index (κ3) is 4.08. The lowest BCUT2D eigenvalue weighted by molar-refractivity contribution is -0.135. The molecule has 1 saturated heterocycles. The average Bonchev–Trinajstić information content (AvgIpc) is 3.04. The maximum atomic E-state index is 12.9. The Hall–Kier alpha value is -2.18. The van der Waals surface area contributed by atoms with Crippen molar-refractivity contribution in [3.63, 3.8) is 0 Å². The van der Waals surface area contributed by atoms with E-state index in [1.807, 2.05) is 25.2 Å². The standard InChI is InChI=1S/C19H27N5O/c1-15-6-4-5-7-16(15)14-23-8-10-24(11-9-23)19(25)18(20-2)17-12-21-22(3)13-17/h4-7,12-13,18,20H,8-11,14H2,1-3H3. The molecule has 25 heavy (non-hydrogen) atoms. The number of aromatic nitrogens is 2. The van der Waals surface area contributed by atoms with Crippen molar-refractivity contribution < 1.29 is 4.79 Å². The maximum Gasteiger partial charge on any atom is 0.244 e. The Morgan fingerprint density at radius 1 is 1.24 bits per heavy atom. The van der Waals surface area contributed by atoms with Crippen LogP contribution in [0.4, 0.5) is 0 Å². The summed E-state index contributed by atoms with van der Waals surface area (Å²) >= 11 is 0. The van der Waals surface area contributed by atoms with Crippen molar-refractivity contribution in [3.05, 3.63) is 53.3 Å². The Kier molecular flexibility index (Phi) is 5.50. The van der Waals surface area contributed by atoms with E-state index in [2.05, 4.69) is 46.5 Å². The van der Waals surface area contributed by atoms with Crippen molar-refractivity contribution in [3.8, 4) is 0 Å². The first-order valence-electron chi connectivity index (χ1n) is 8.80. The van der Waals surface area contributed by atoms with Gasteiger partial charge in [-0.15, -0.1) is 0 Å². The molecule has 3 rings (SSSR count). The van der Waals surface area contributed by atoms with Gasteiger partial charge in [0.15, 0.2) is 0 Å². The van der Waals surface area contributed by atoms with Crippen LogP contribution in [0.25, 0.3) is 0 Å². The molecule has 134 valence electrons. The Bertz CT molecular complexity index is 718. The Balaban J connectivity index is 1.58. The van der Waals surface area contributed by atoms with Gasteiger partial charge < -0.3 is 10.2 Å². The summed E-state index contributed by atoms with van der Waals surface area (Å²) < 4.78 is 1.73. The molecule has 2 heterocycles. The molecule has 1 aliphatic rings. The summed E-state index contributed by atoms with van der Waals surface area (Å²) in [6, 6.07) is 8.18. The number of likely N-dealkylation sites (N-methyl/N-ethyl adjacent to an activating group) is 1. The summed E-state index contributed by atoms with van der Waals surface area (Å²) in [5.74, 6) is 0.131. The van der Waals surface area contributed by atoms with E-state index in [-0.39, 0.29) is 11.9 Å². The lowest BCUT2D eigenvalue weighted by Crippen LogP contribution is -2.51. The van der Waals surface area contributed by atoms with Gasteiger partial charge in [-0.2, -0.15) is 5.10 Å². The zero-order chi connectivity index (χ0) is 17.8. The second kappa shape index (κ2) is 7.80. The summed E-state index contributed by atoms with van der Waals surface area (Å²) in [6.45, 7) is 6.45. The van der Waals surface area contributed by atoms with Gasteiger partial charge in [-0.05, 0) is 25.1 Å². The molecule has 0 spiro atoms. The number of rotatable bonds is 5. The zero-order valence-corrected chi connectivity index (χ0v) is 15.3. The number of nitrogens with one attached hydrogen (secondary N) is 1.